The fraction of sp³-hybridized carbons (Fsp3) is 0.919. The average molecular weight is 601 g/mol. The molecule has 244 valence electrons. The van der Waals surface area contributed by atoms with E-state index in [0.29, 0.717) is 24.2 Å². The first-order valence-electron chi connectivity index (χ1n) is 17.5. The fourth-order valence-electron chi connectivity index (χ4n) is 12.7. The van der Waals surface area contributed by atoms with Crippen LogP contribution >= 0.6 is 0 Å². The lowest BCUT2D eigenvalue weighted by molar-refractivity contribution is -0.232. The van der Waals surface area contributed by atoms with Crippen LogP contribution in [0, 0.1) is 56.2 Å². The maximum absolute atomic E-state index is 12.9. The zero-order chi connectivity index (χ0) is 31.5. The molecular formula is C37H60O6. The molecule has 6 heteroatoms. The van der Waals surface area contributed by atoms with E-state index in [-0.39, 0.29) is 33.0 Å². The third-order valence-electron chi connectivity index (χ3n) is 15.8. The molecule has 0 amide bonds. The van der Waals surface area contributed by atoms with Crippen LogP contribution in [0.2, 0.25) is 0 Å². The highest BCUT2D eigenvalue weighted by Gasteiger charge is 2.69. The molecule has 0 aromatic rings. The number of aliphatic hydroxyl groups excluding tert-OH is 3. The smallest absolute Gasteiger partial charge is 0.310 e. The van der Waals surface area contributed by atoms with Crippen molar-refractivity contribution in [3.8, 4) is 0 Å². The first-order valence-corrected chi connectivity index (χ1v) is 17.5. The first-order chi connectivity index (χ1) is 19.8. The summed E-state index contributed by atoms with van der Waals surface area (Å²) in [5, 5.41) is 42.2. The fourth-order valence-corrected chi connectivity index (χ4v) is 12.7. The molecule has 5 unspecified atom stereocenters. The van der Waals surface area contributed by atoms with Gasteiger partial charge in [0.2, 0.25) is 0 Å². The van der Waals surface area contributed by atoms with E-state index in [1.165, 1.54) is 18.4 Å². The zero-order valence-corrected chi connectivity index (χ0v) is 28.2. The maximum Gasteiger partial charge on any atom is 0.310 e. The number of hydrogen-bond donors (Lipinski definition) is 4. The lowest BCUT2D eigenvalue weighted by Gasteiger charge is -2.71. The van der Waals surface area contributed by atoms with E-state index in [9.17, 15) is 25.2 Å². The van der Waals surface area contributed by atoms with Crippen molar-refractivity contribution in [1.82, 2.24) is 0 Å². The van der Waals surface area contributed by atoms with Crippen molar-refractivity contribution in [3.63, 3.8) is 0 Å². The number of hydrogen-bond acceptors (Lipinski definition) is 5. The van der Waals surface area contributed by atoms with E-state index < -0.39 is 41.9 Å². The SMILES string of the molecule is CC1O[C@@H](C[C@H]2CC[C@@]3(C)C(CC[C@]4(C)C3CC=C3C5CC(C)(C)CC[C@]5(C(=O)O)CC[C@]34C)C2(C)C)C(O)[C@@H](O)[C@H]1O. The lowest BCUT2D eigenvalue weighted by atomic mass is 9.33. The van der Waals surface area contributed by atoms with E-state index in [4.69, 9.17) is 4.74 Å². The van der Waals surface area contributed by atoms with E-state index in [0.717, 1.165) is 51.4 Å². The molecule has 0 spiro atoms. The van der Waals surface area contributed by atoms with Gasteiger partial charge in [0.05, 0.1) is 17.6 Å². The third-order valence-corrected chi connectivity index (χ3v) is 15.8. The summed E-state index contributed by atoms with van der Waals surface area (Å²) in [5.41, 5.74) is 1.45. The predicted molar refractivity (Wildman–Crippen MR) is 167 cm³/mol. The number of carbonyl (C=O) groups is 1. The second-order valence-electron chi connectivity index (χ2n) is 18.3. The zero-order valence-electron chi connectivity index (χ0n) is 28.2. The minimum atomic E-state index is -1.17. The Kier molecular flexibility index (Phi) is 7.46. The van der Waals surface area contributed by atoms with Gasteiger partial charge in [0.25, 0.3) is 0 Å². The second-order valence-corrected chi connectivity index (χ2v) is 18.3. The molecule has 43 heavy (non-hydrogen) atoms. The van der Waals surface area contributed by atoms with Crippen LogP contribution in [-0.4, -0.2) is 56.9 Å². The minimum absolute atomic E-state index is 0.0229. The van der Waals surface area contributed by atoms with Gasteiger partial charge in [-0.2, -0.15) is 0 Å². The first kappa shape index (κ1) is 32.0. The largest absolute Gasteiger partial charge is 0.481 e. The minimum Gasteiger partial charge on any atom is -0.481 e. The molecule has 1 heterocycles. The molecule has 4 N–H and O–H groups in total. The Morgan fingerprint density at radius 1 is 0.860 bits per heavy atom. The molecule has 5 aliphatic carbocycles. The van der Waals surface area contributed by atoms with Crippen LogP contribution in [0.4, 0.5) is 0 Å². The summed E-state index contributed by atoms with van der Waals surface area (Å²) in [7, 11) is 0. The van der Waals surface area contributed by atoms with Gasteiger partial charge in [-0.1, -0.05) is 60.1 Å². The summed E-state index contributed by atoms with van der Waals surface area (Å²) >= 11 is 0. The number of aliphatic hydroxyl groups is 3. The molecule has 13 atom stereocenters. The second kappa shape index (κ2) is 10.0. The standard InChI is InChI=1S/C37H60O6/c1-21-28(38)30(40)29(39)25(43-21)19-22-11-13-34(6)26(33(22,4)5)12-14-36(8)27(34)10-9-23-24-20-32(2,3)15-17-37(24,31(41)42)18-16-35(23,36)7/h9,21-22,24-30,38-40H,10-20H2,1-8H3,(H,41,42)/t21?,22-,24?,25+,26?,27?,28+,29?,30+,34+,35-,36-,37+/m1/s1. The summed E-state index contributed by atoms with van der Waals surface area (Å²) in [6.07, 6.45) is 9.16. The van der Waals surface area contributed by atoms with Gasteiger partial charge in [-0.15, -0.1) is 0 Å². The normalized spacial score (nSPS) is 53.8. The van der Waals surface area contributed by atoms with Crippen LogP contribution in [0.15, 0.2) is 11.6 Å². The molecule has 6 rings (SSSR count). The Hall–Kier alpha value is -0.950. The van der Waals surface area contributed by atoms with Crippen LogP contribution in [0.3, 0.4) is 0 Å². The highest BCUT2D eigenvalue weighted by Crippen LogP contribution is 2.76. The molecule has 1 saturated heterocycles. The van der Waals surface area contributed by atoms with Crippen molar-refractivity contribution in [3.05, 3.63) is 11.6 Å². The molecule has 0 aromatic carbocycles. The summed E-state index contributed by atoms with van der Waals surface area (Å²) in [4.78, 5) is 12.9. The number of fused-ring (bicyclic) bond motifs is 7. The maximum atomic E-state index is 12.9. The molecule has 0 radical (unpaired) electrons. The van der Waals surface area contributed by atoms with Gasteiger partial charge in [0.1, 0.15) is 18.3 Å². The van der Waals surface area contributed by atoms with Crippen molar-refractivity contribution in [2.75, 3.05) is 0 Å². The van der Waals surface area contributed by atoms with Crippen molar-refractivity contribution in [2.24, 2.45) is 56.2 Å². The van der Waals surface area contributed by atoms with Gasteiger partial charge >= 0.3 is 5.97 Å². The number of carboxylic acids is 1. The van der Waals surface area contributed by atoms with E-state index in [2.05, 4.69) is 54.5 Å². The molecule has 1 aliphatic heterocycles. The molecule has 6 aliphatic rings. The summed E-state index contributed by atoms with van der Waals surface area (Å²) in [6, 6.07) is 0. The number of rotatable bonds is 3. The number of ether oxygens (including phenoxy) is 1. The van der Waals surface area contributed by atoms with Gasteiger partial charge in [0.15, 0.2) is 0 Å². The van der Waals surface area contributed by atoms with Gasteiger partial charge in [-0.05, 0) is 128 Å². The quantitative estimate of drug-likeness (QED) is 0.267. The van der Waals surface area contributed by atoms with Gasteiger partial charge in [0, 0.05) is 0 Å². The molecule has 0 aromatic heterocycles. The highest BCUT2D eigenvalue weighted by molar-refractivity contribution is 5.76. The molecule has 6 nitrogen and oxygen atoms in total. The molecule has 0 bridgehead atoms. The summed E-state index contributed by atoms with van der Waals surface area (Å²) < 4.78 is 6.09. The Morgan fingerprint density at radius 3 is 2.21 bits per heavy atom. The van der Waals surface area contributed by atoms with E-state index >= 15 is 0 Å². The Balaban J connectivity index is 1.30. The predicted octanol–water partition coefficient (Wildman–Crippen LogP) is 6.75. The van der Waals surface area contributed by atoms with Crippen LogP contribution in [0.5, 0.6) is 0 Å². The van der Waals surface area contributed by atoms with E-state index in [1.807, 2.05) is 0 Å². The molecule has 5 fully saturated rings. The molecular weight excluding hydrogens is 540 g/mol. The van der Waals surface area contributed by atoms with Crippen molar-refractivity contribution in [2.45, 2.75) is 157 Å². The Bertz CT molecular complexity index is 1160. The number of carboxylic acid groups (broad SMARTS) is 1. The van der Waals surface area contributed by atoms with Crippen molar-refractivity contribution in [1.29, 1.82) is 0 Å². The summed E-state index contributed by atoms with van der Waals surface area (Å²) in [6.45, 7) is 19.0. The monoisotopic (exact) mass is 600 g/mol. The molecule has 4 saturated carbocycles. The van der Waals surface area contributed by atoms with Crippen molar-refractivity contribution < 1.29 is 30.0 Å². The Morgan fingerprint density at radius 2 is 1.53 bits per heavy atom. The van der Waals surface area contributed by atoms with Gasteiger partial charge in [-0.25, -0.2) is 0 Å². The van der Waals surface area contributed by atoms with Crippen LogP contribution in [-0.2, 0) is 9.53 Å². The average Bonchev–Trinajstić information content (AvgIpc) is 2.91. The van der Waals surface area contributed by atoms with E-state index in [1.54, 1.807) is 6.92 Å². The topological polar surface area (TPSA) is 107 Å². The van der Waals surface area contributed by atoms with Crippen LogP contribution < -0.4 is 0 Å². The van der Waals surface area contributed by atoms with Crippen LogP contribution in [0.25, 0.3) is 0 Å². The van der Waals surface area contributed by atoms with Crippen molar-refractivity contribution >= 4 is 5.97 Å². The van der Waals surface area contributed by atoms with Gasteiger partial charge < -0.3 is 25.2 Å². The highest BCUT2D eigenvalue weighted by atomic mass is 16.5. The number of aliphatic carboxylic acids is 1. The third kappa shape index (κ3) is 4.34. The lowest BCUT2D eigenvalue weighted by Crippen LogP contribution is -2.65. The number of allylic oxidation sites excluding steroid dienone is 2. The van der Waals surface area contributed by atoms with Crippen LogP contribution in [0.1, 0.15) is 126 Å². The van der Waals surface area contributed by atoms with Gasteiger partial charge in [-0.3, -0.25) is 4.79 Å². The Labute approximate surface area is 260 Å². The summed E-state index contributed by atoms with van der Waals surface area (Å²) in [5.74, 6) is 1.03.